The fraction of sp³-hybridized carbons (Fsp3) is 0.467. The lowest BCUT2D eigenvalue weighted by Gasteiger charge is -2.35. The van der Waals surface area contributed by atoms with Crippen LogP contribution in [0.1, 0.15) is 25.5 Å². The Morgan fingerprint density at radius 2 is 2.11 bits per heavy atom. The molecule has 1 N–H and O–H groups in total. The molecule has 0 saturated carbocycles. The van der Waals surface area contributed by atoms with Crippen molar-refractivity contribution >= 4 is 10.9 Å². The van der Waals surface area contributed by atoms with Crippen LogP contribution >= 0.6 is 0 Å². The number of morpholine rings is 1. The van der Waals surface area contributed by atoms with Crippen LogP contribution in [0, 0.1) is 0 Å². The maximum atomic E-state index is 6.02. The molecule has 1 unspecified atom stereocenters. The molecule has 0 radical (unpaired) electrons. The Kier molecular flexibility index (Phi) is 2.68. The molecule has 1 aliphatic rings. The molecule has 2 heterocycles. The van der Waals surface area contributed by atoms with Crippen LogP contribution in [0.4, 0.5) is 0 Å². The van der Waals surface area contributed by atoms with E-state index < -0.39 is 0 Å². The highest BCUT2D eigenvalue weighted by molar-refractivity contribution is 5.84. The van der Waals surface area contributed by atoms with Gasteiger partial charge < -0.3 is 14.6 Å². The average molecular weight is 244 g/mol. The quantitative estimate of drug-likeness (QED) is 0.834. The van der Waals surface area contributed by atoms with E-state index in [1.165, 1.54) is 16.5 Å². The van der Waals surface area contributed by atoms with Gasteiger partial charge in [0.05, 0.1) is 12.7 Å². The lowest BCUT2D eigenvalue weighted by Crippen LogP contribution is -2.50. The molecule has 0 spiro atoms. The van der Waals surface area contributed by atoms with Gasteiger partial charge in [-0.2, -0.15) is 0 Å². The summed E-state index contributed by atoms with van der Waals surface area (Å²) in [7, 11) is 2.09. The van der Waals surface area contributed by atoms with E-state index >= 15 is 0 Å². The van der Waals surface area contributed by atoms with E-state index in [-0.39, 0.29) is 11.6 Å². The van der Waals surface area contributed by atoms with Crippen molar-refractivity contribution in [2.75, 3.05) is 13.2 Å². The van der Waals surface area contributed by atoms with Gasteiger partial charge in [0.15, 0.2) is 0 Å². The van der Waals surface area contributed by atoms with Crippen molar-refractivity contribution in [2.24, 2.45) is 7.05 Å². The first-order valence-electron chi connectivity index (χ1n) is 6.47. The molecule has 1 aliphatic heterocycles. The fourth-order valence-corrected chi connectivity index (χ4v) is 2.62. The first kappa shape index (κ1) is 11.8. The third-order valence-electron chi connectivity index (χ3n) is 3.69. The fourth-order valence-electron chi connectivity index (χ4n) is 2.62. The van der Waals surface area contributed by atoms with Crippen LogP contribution in [-0.4, -0.2) is 23.3 Å². The van der Waals surface area contributed by atoms with Crippen LogP contribution in [0.3, 0.4) is 0 Å². The van der Waals surface area contributed by atoms with Gasteiger partial charge in [-0.05, 0) is 19.9 Å². The number of hydrogen-bond donors (Lipinski definition) is 1. The second kappa shape index (κ2) is 4.11. The molecule has 3 heteroatoms. The number of rotatable bonds is 1. The number of hydrogen-bond acceptors (Lipinski definition) is 2. The highest BCUT2D eigenvalue weighted by Crippen LogP contribution is 2.30. The van der Waals surface area contributed by atoms with Gasteiger partial charge >= 0.3 is 0 Å². The van der Waals surface area contributed by atoms with Gasteiger partial charge in [0.2, 0.25) is 0 Å². The van der Waals surface area contributed by atoms with Crippen LogP contribution < -0.4 is 5.32 Å². The Hall–Kier alpha value is -1.32. The number of benzene rings is 1. The van der Waals surface area contributed by atoms with Crippen LogP contribution in [0.25, 0.3) is 10.9 Å². The molecule has 0 amide bonds. The van der Waals surface area contributed by atoms with Gasteiger partial charge in [-0.15, -0.1) is 0 Å². The van der Waals surface area contributed by atoms with Crippen LogP contribution in [0.5, 0.6) is 0 Å². The maximum absolute atomic E-state index is 6.02. The first-order chi connectivity index (χ1) is 8.57. The molecular formula is C15H20N2O. The molecule has 1 atom stereocenters. The van der Waals surface area contributed by atoms with E-state index in [4.69, 9.17) is 4.74 Å². The third-order valence-corrected chi connectivity index (χ3v) is 3.69. The number of nitrogens with zero attached hydrogens (tertiary/aromatic N) is 1. The Morgan fingerprint density at radius 1 is 1.33 bits per heavy atom. The predicted molar refractivity (Wildman–Crippen MR) is 73.7 cm³/mol. The zero-order chi connectivity index (χ0) is 12.8. The van der Waals surface area contributed by atoms with Crippen molar-refractivity contribution in [1.29, 1.82) is 0 Å². The van der Waals surface area contributed by atoms with Gasteiger partial charge in [0.1, 0.15) is 0 Å². The second-order valence-corrected chi connectivity index (χ2v) is 5.78. The highest BCUT2D eigenvalue weighted by atomic mass is 16.5. The zero-order valence-corrected chi connectivity index (χ0v) is 11.2. The standard InChI is InChI=1S/C15H20N2O/c1-15(2)10-18-14(8-16-15)12-9-17(3)13-7-5-4-6-11(12)13/h4-7,9,14,16H,8,10H2,1-3H3. The molecule has 1 aromatic carbocycles. The summed E-state index contributed by atoms with van der Waals surface area (Å²) in [4.78, 5) is 0. The Morgan fingerprint density at radius 3 is 2.83 bits per heavy atom. The summed E-state index contributed by atoms with van der Waals surface area (Å²) >= 11 is 0. The molecule has 1 fully saturated rings. The molecule has 3 rings (SSSR count). The van der Waals surface area contributed by atoms with Crippen LogP contribution in [0.2, 0.25) is 0 Å². The summed E-state index contributed by atoms with van der Waals surface area (Å²) in [5.41, 5.74) is 2.64. The molecule has 1 saturated heterocycles. The zero-order valence-electron chi connectivity index (χ0n) is 11.2. The van der Waals surface area contributed by atoms with Crippen molar-refractivity contribution in [1.82, 2.24) is 9.88 Å². The first-order valence-corrected chi connectivity index (χ1v) is 6.47. The third kappa shape index (κ3) is 1.93. The minimum atomic E-state index is 0.0844. The number of aromatic nitrogens is 1. The van der Waals surface area contributed by atoms with Gasteiger partial charge in [-0.3, -0.25) is 0 Å². The molecule has 2 aromatic rings. The summed E-state index contributed by atoms with van der Waals surface area (Å²) in [5, 5.41) is 4.84. The Balaban J connectivity index is 1.96. The highest BCUT2D eigenvalue weighted by Gasteiger charge is 2.29. The van der Waals surface area contributed by atoms with E-state index in [1.807, 2.05) is 0 Å². The lowest BCUT2D eigenvalue weighted by atomic mass is 10.0. The minimum absolute atomic E-state index is 0.0844. The minimum Gasteiger partial charge on any atom is -0.370 e. The van der Waals surface area contributed by atoms with Gasteiger partial charge in [-0.25, -0.2) is 0 Å². The summed E-state index contributed by atoms with van der Waals surface area (Å²) in [5.74, 6) is 0. The summed E-state index contributed by atoms with van der Waals surface area (Å²) in [6.45, 7) is 5.97. The average Bonchev–Trinajstić information content (AvgIpc) is 2.68. The van der Waals surface area contributed by atoms with Gasteiger partial charge in [0, 0.05) is 41.8 Å². The summed E-state index contributed by atoms with van der Waals surface area (Å²) in [6.07, 6.45) is 2.35. The van der Waals surface area contributed by atoms with Gasteiger partial charge in [-0.1, -0.05) is 18.2 Å². The largest absolute Gasteiger partial charge is 0.370 e. The lowest BCUT2D eigenvalue weighted by molar-refractivity contribution is -0.0222. The number of nitrogens with one attached hydrogen (secondary N) is 1. The maximum Gasteiger partial charge on any atom is 0.0970 e. The summed E-state index contributed by atoms with van der Waals surface area (Å²) < 4.78 is 8.20. The summed E-state index contributed by atoms with van der Waals surface area (Å²) in [6, 6.07) is 8.49. The smallest absolute Gasteiger partial charge is 0.0970 e. The molecule has 18 heavy (non-hydrogen) atoms. The van der Waals surface area contributed by atoms with Crippen molar-refractivity contribution < 1.29 is 4.74 Å². The molecule has 1 aromatic heterocycles. The Bertz CT molecular complexity index is 561. The van der Waals surface area contributed by atoms with E-state index in [0.29, 0.717) is 0 Å². The topological polar surface area (TPSA) is 26.2 Å². The molecule has 0 bridgehead atoms. The van der Waals surface area contributed by atoms with Crippen LogP contribution in [0.15, 0.2) is 30.5 Å². The van der Waals surface area contributed by atoms with Crippen molar-refractivity contribution in [3.63, 3.8) is 0 Å². The van der Waals surface area contributed by atoms with E-state index in [2.05, 4.69) is 61.2 Å². The van der Waals surface area contributed by atoms with Crippen molar-refractivity contribution in [3.05, 3.63) is 36.0 Å². The molecule has 96 valence electrons. The normalized spacial score (nSPS) is 23.4. The number of fused-ring (bicyclic) bond motifs is 1. The molecule has 0 aliphatic carbocycles. The van der Waals surface area contributed by atoms with E-state index in [9.17, 15) is 0 Å². The van der Waals surface area contributed by atoms with E-state index in [0.717, 1.165) is 13.2 Å². The van der Waals surface area contributed by atoms with Gasteiger partial charge in [0.25, 0.3) is 0 Å². The number of aryl methyl sites for hydroxylation is 1. The SMILES string of the molecule is Cn1cc(C2CNC(C)(C)CO2)c2ccccc21. The second-order valence-electron chi connectivity index (χ2n) is 5.78. The molecular weight excluding hydrogens is 224 g/mol. The van der Waals surface area contributed by atoms with Crippen LogP contribution in [-0.2, 0) is 11.8 Å². The van der Waals surface area contributed by atoms with Crippen molar-refractivity contribution in [3.8, 4) is 0 Å². The number of ether oxygens (including phenoxy) is 1. The predicted octanol–water partition coefficient (Wildman–Crippen LogP) is 2.62. The van der Waals surface area contributed by atoms with Crippen molar-refractivity contribution in [2.45, 2.75) is 25.5 Å². The molecule has 3 nitrogen and oxygen atoms in total. The monoisotopic (exact) mass is 244 g/mol. The van der Waals surface area contributed by atoms with E-state index in [1.54, 1.807) is 0 Å². The Labute approximate surface area is 108 Å². The number of para-hydroxylation sites is 1.